The van der Waals surface area contributed by atoms with Gasteiger partial charge in [-0.2, -0.15) is 18.3 Å². The van der Waals surface area contributed by atoms with Gasteiger partial charge in [-0.1, -0.05) is 24.3 Å². The molecule has 2 N–H and O–H groups in total. The third-order valence-corrected chi connectivity index (χ3v) is 4.78. The van der Waals surface area contributed by atoms with Crippen molar-refractivity contribution in [3.05, 3.63) is 90.1 Å². The zero-order valence-corrected chi connectivity index (χ0v) is 17.3. The second kappa shape index (κ2) is 9.07. The Labute approximate surface area is 187 Å². The van der Waals surface area contributed by atoms with Crippen LogP contribution in [0.5, 0.6) is 17.2 Å². The smallest absolute Gasteiger partial charge is 0.416 e. The first-order valence-electron chi connectivity index (χ1n) is 9.79. The average molecular weight is 453 g/mol. The number of carbonyl (C=O) groups is 1. The Bertz CT molecular complexity index is 1250. The Kier molecular flexibility index (Phi) is 6.03. The van der Waals surface area contributed by atoms with Crippen LogP contribution in [0.2, 0.25) is 0 Å². The summed E-state index contributed by atoms with van der Waals surface area (Å²) < 4.78 is 49.5. The van der Waals surface area contributed by atoms with Gasteiger partial charge in [0.25, 0.3) is 5.91 Å². The summed E-state index contributed by atoms with van der Waals surface area (Å²) in [6.07, 6.45) is -3.05. The quantitative estimate of drug-likeness (QED) is 0.367. The lowest BCUT2D eigenvalue weighted by Crippen LogP contribution is -2.12. The molecule has 168 valence electrons. The molecule has 0 saturated heterocycles. The van der Waals surface area contributed by atoms with Crippen molar-refractivity contribution in [1.29, 1.82) is 0 Å². The van der Waals surface area contributed by atoms with Crippen molar-refractivity contribution in [2.24, 2.45) is 0 Å². The van der Waals surface area contributed by atoms with Crippen molar-refractivity contribution in [3.63, 3.8) is 0 Å². The van der Waals surface area contributed by atoms with E-state index in [2.05, 4.69) is 15.5 Å². The molecular formula is C24H18F3N3O3. The maximum Gasteiger partial charge on any atom is 0.416 e. The molecule has 4 rings (SSSR count). The molecule has 0 unspecified atom stereocenters. The summed E-state index contributed by atoms with van der Waals surface area (Å²) in [6, 6.07) is 18.4. The van der Waals surface area contributed by atoms with Crippen LogP contribution in [0.25, 0.3) is 11.3 Å². The number of amides is 1. The van der Waals surface area contributed by atoms with E-state index in [0.29, 0.717) is 28.5 Å². The van der Waals surface area contributed by atoms with Crippen LogP contribution in [-0.2, 0) is 6.18 Å². The number of hydrogen-bond acceptors (Lipinski definition) is 4. The van der Waals surface area contributed by atoms with Gasteiger partial charge in [-0.15, -0.1) is 0 Å². The van der Waals surface area contributed by atoms with E-state index >= 15 is 0 Å². The van der Waals surface area contributed by atoms with Gasteiger partial charge in [0.2, 0.25) is 0 Å². The number of methoxy groups -OCH3 is 1. The molecule has 0 spiro atoms. The summed E-state index contributed by atoms with van der Waals surface area (Å²) in [5.41, 5.74) is 0.562. The summed E-state index contributed by atoms with van der Waals surface area (Å²) in [4.78, 5) is 12.8. The van der Waals surface area contributed by atoms with Crippen molar-refractivity contribution in [2.45, 2.75) is 6.18 Å². The predicted octanol–water partition coefficient (Wildman–Crippen LogP) is 6.15. The fourth-order valence-electron chi connectivity index (χ4n) is 3.14. The van der Waals surface area contributed by atoms with Crippen LogP contribution < -0.4 is 14.8 Å². The number of alkyl halides is 3. The van der Waals surface area contributed by atoms with Crippen molar-refractivity contribution in [3.8, 4) is 28.5 Å². The topological polar surface area (TPSA) is 76.2 Å². The number of ether oxygens (including phenoxy) is 2. The maximum absolute atomic E-state index is 12.8. The van der Waals surface area contributed by atoms with Gasteiger partial charge in [0, 0.05) is 17.4 Å². The molecule has 9 heteroatoms. The van der Waals surface area contributed by atoms with E-state index in [0.717, 1.165) is 12.1 Å². The predicted molar refractivity (Wildman–Crippen MR) is 116 cm³/mol. The Balaban J connectivity index is 1.47. The standard InChI is InChI=1S/C24H18F3N3O3/c1-32-20-4-2-3-5-21(20)33-18-12-10-17(11-13-18)29-23(31)19-14-28-30-22(19)15-6-8-16(9-7-15)24(25,26)27/h2-14H,1H3,(H,28,30)(H,29,31). The molecular weight excluding hydrogens is 435 g/mol. The van der Waals surface area contributed by atoms with Crippen LogP contribution >= 0.6 is 0 Å². The number of hydrogen-bond donors (Lipinski definition) is 2. The number of benzene rings is 3. The third-order valence-electron chi connectivity index (χ3n) is 4.78. The number of nitrogens with one attached hydrogen (secondary N) is 2. The minimum absolute atomic E-state index is 0.198. The molecule has 3 aromatic carbocycles. The van der Waals surface area contributed by atoms with E-state index in [-0.39, 0.29) is 11.3 Å². The van der Waals surface area contributed by atoms with E-state index in [1.54, 1.807) is 43.5 Å². The number of nitrogens with zero attached hydrogens (tertiary/aromatic N) is 1. The van der Waals surface area contributed by atoms with E-state index in [1.807, 2.05) is 12.1 Å². The summed E-state index contributed by atoms with van der Waals surface area (Å²) in [5.74, 6) is 1.23. The molecule has 6 nitrogen and oxygen atoms in total. The van der Waals surface area contributed by atoms with Crippen LogP contribution in [0.15, 0.2) is 79.0 Å². The number of para-hydroxylation sites is 2. The molecule has 0 aliphatic rings. The van der Waals surface area contributed by atoms with Crippen molar-refractivity contribution >= 4 is 11.6 Å². The number of aromatic nitrogens is 2. The molecule has 1 aromatic heterocycles. The van der Waals surface area contributed by atoms with Crippen LogP contribution in [0, 0.1) is 0 Å². The minimum Gasteiger partial charge on any atom is -0.493 e. The Hall–Kier alpha value is -4.27. The SMILES string of the molecule is COc1ccccc1Oc1ccc(NC(=O)c2c[nH]nc2-c2ccc(C(F)(F)F)cc2)cc1. The number of rotatable bonds is 6. The van der Waals surface area contributed by atoms with Crippen LogP contribution in [0.1, 0.15) is 15.9 Å². The first-order chi connectivity index (χ1) is 15.8. The molecule has 0 atom stereocenters. The Morgan fingerprint density at radius 3 is 2.24 bits per heavy atom. The molecule has 1 amide bonds. The summed E-state index contributed by atoms with van der Waals surface area (Å²) in [7, 11) is 1.55. The van der Waals surface area contributed by atoms with Gasteiger partial charge >= 0.3 is 6.18 Å². The molecule has 4 aromatic rings. The van der Waals surface area contributed by atoms with Crippen molar-refractivity contribution in [2.75, 3.05) is 12.4 Å². The van der Waals surface area contributed by atoms with Crippen LogP contribution in [-0.4, -0.2) is 23.2 Å². The van der Waals surface area contributed by atoms with Gasteiger partial charge in [-0.05, 0) is 48.5 Å². The summed E-state index contributed by atoms with van der Waals surface area (Å²) >= 11 is 0. The highest BCUT2D eigenvalue weighted by Gasteiger charge is 2.30. The van der Waals surface area contributed by atoms with Gasteiger partial charge in [0.15, 0.2) is 11.5 Å². The number of carbonyl (C=O) groups excluding carboxylic acids is 1. The fraction of sp³-hybridized carbons (Fsp3) is 0.0833. The highest BCUT2D eigenvalue weighted by atomic mass is 19.4. The number of anilines is 1. The second-order valence-electron chi connectivity index (χ2n) is 6.95. The molecule has 0 radical (unpaired) electrons. The molecule has 0 aliphatic heterocycles. The summed E-state index contributed by atoms with van der Waals surface area (Å²) in [6.45, 7) is 0. The van der Waals surface area contributed by atoms with Gasteiger partial charge in [0.1, 0.15) is 11.4 Å². The largest absolute Gasteiger partial charge is 0.493 e. The number of H-pyrrole nitrogens is 1. The molecule has 33 heavy (non-hydrogen) atoms. The molecule has 0 saturated carbocycles. The normalized spacial score (nSPS) is 11.2. The van der Waals surface area contributed by atoms with Gasteiger partial charge in [-0.25, -0.2) is 0 Å². The van der Waals surface area contributed by atoms with E-state index in [4.69, 9.17) is 9.47 Å². The summed E-state index contributed by atoms with van der Waals surface area (Å²) in [5, 5.41) is 9.35. The maximum atomic E-state index is 12.8. The highest BCUT2D eigenvalue weighted by molar-refractivity contribution is 6.08. The first kappa shape index (κ1) is 21.9. The monoisotopic (exact) mass is 453 g/mol. The second-order valence-corrected chi connectivity index (χ2v) is 6.95. The van der Waals surface area contributed by atoms with E-state index in [9.17, 15) is 18.0 Å². The lowest BCUT2D eigenvalue weighted by molar-refractivity contribution is -0.137. The number of halogens is 3. The first-order valence-corrected chi connectivity index (χ1v) is 9.79. The minimum atomic E-state index is -4.44. The Morgan fingerprint density at radius 2 is 1.61 bits per heavy atom. The van der Waals surface area contributed by atoms with Gasteiger partial charge in [0.05, 0.1) is 18.2 Å². The lowest BCUT2D eigenvalue weighted by Gasteiger charge is -2.11. The molecule has 0 bridgehead atoms. The highest BCUT2D eigenvalue weighted by Crippen LogP contribution is 2.33. The van der Waals surface area contributed by atoms with Gasteiger partial charge < -0.3 is 14.8 Å². The zero-order chi connectivity index (χ0) is 23.4. The van der Waals surface area contributed by atoms with Crippen LogP contribution in [0.3, 0.4) is 0 Å². The third kappa shape index (κ3) is 4.98. The van der Waals surface area contributed by atoms with Gasteiger partial charge in [-0.3, -0.25) is 9.89 Å². The molecule has 1 heterocycles. The van der Waals surface area contributed by atoms with Crippen molar-refractivity contribution in [1.82, 2.24) is 10.2 Å². The average Bonchev–Trinajstić information content (AvgIpc) is 3.30. The van der Waals surface area contributed by atoms with Crippen LogP contribution in [0.4, 0.5) is 18.9 Å². The van der Waals surface area contributed by atoms with Crippen molar-refractivity contribution < 1.29 is 27.4 Å². The lowest BCUT2D eigenvalue weighted by atomic mass is 10.1. The number of aromatic amines is 1. The Morgan fingerprint density at radius 1 is 0.939 bits per heavy atom. The fourth-order valence-corrected chi connectivity index (χ4v) is 3.14. The molecule has 0 fully saturated rings. The van der Waals surface area contributed by atoms with E-state index < -0.39 is 17.6 Å². The molecule has 0 aliphatic carbocycles. The van der Waals surface area contributed by atoms with E-state index in [1.165, 1.54) is 18.3 Å². The zero-order valence-electron chi connectivity index (χ0n) is 17.3.